The largest absolute Gasteiger partial charge is 0.497 e. The predicted molar refractivity (Wildman–Crippen MR) is 55.3 cm³/mol. The van der Waals surface area contributed by atoms with Gasteiger partial charge in [0.2, 0.25) is 0 Å². The Bertz CT molecular complexity index is 258. The van der Waals surface area contributed by atoms with Gasteiger partial charge in [-0.15, -0.1) is 0 Å². The van der Waals surface area contributed by atoms with E-state index in [-0.39, 0.29) is 0 Å². The topological polar surface area (TPSA) is 9.23 Å². The van der Waals surface area contributed by atoms with Gasteiger partial charge in [-0.3, -0.25) is 0 Å². The molecule has 2 heteroatoms. The Labute approximate surface area is 79.2 Å². The normalized spacial score (nSPS) is 9.92. The lowest BCUT2D eigenvalue weighted by molar-refractivity contribution is 0.414. The number of methoxy groups -OCH3 is 1. The summed E-state index contributed by atoms with van der Waals surface area (Å²) in [6, 6.07) is 6.15. The van der Waals surface area contributed by atoms with Gasteiger partial charge < -0.3 is 4.74 Å². The smallest absolute Gasteiger partial charge is 0.119 e. The molecule has 0 N–H and O–H groups in total. The number of thiol groups is 1. The molecule has 0 aromatic heterocycles. The standard InChI is InChI=1S/C10H14OS/c1-8-7-10(11-2)4-3-9(8)5-6-12/h3-4,7,12H,5-6H2,1-2H3. The van der Waals surface area contributed by atoms with Crippen molar-refractivity contribution in [3.63, 3.8) is 0 Å². The van der Waals surface area contributed by atoms with E-state index in [2.05, 4.69) is 31.7 Å². The summed E-state index contributed by atoms with van der Waals surface area (Å²) < 4.78 is 5.11. The predicted octanol–water partition coefficient (Wildman–Crippen LogP) is 2.48. The maximum Gasteiger partial charge on any atom is 0.119 e. The zero-order valence-electron chi connectivity index (χ0n) is 7.50. The van der Waals surface area contributed by atoms with E-state index in [0.29, 0.717) is 0 Å². The van der Waals surface area contributed by atoms with Crippen molar-refractivity contribution in [3.8, 4) is 5.75 Å². The minimum Gasteiger partial charge on any atom is -0.497 e. The first-order valence-corrected chi connectivity index (χ1v) is 4.65. The highest BCUT2D eigenvalue weighted by Crippen LogP contribution is 2.17. The van der Waals surface area contributed by atoms with E-state index < -0.39 is 0 Å². The van der Waals surface area contributed by atoms with Crippen LogP contribution in [0.2, 0.25) is 0 Å². The first-order valence-electron chi connectivity index (χ1n) is 4.02. The Morgan fingerprint density at radius 2 is 2.17 bits per heavy atom. The van der Waals surface area contributed by atoms with Crippen LogP contribution >= 0.6 is 12.6 Å². The van der Waals surface area contributed by atoms with Crippen molar-refractivity contribution < 1.29 is 4.74 Å². The van der Waals surface area contributed by atoms with E-state index in [1.165, 1.54) is 11.1 Å². The number of ether oxygens (including phenoxy) is 1. The molecule has 0 bridgehead atoms. The van der Waals surface area contributed by atoms with E-state index in [4.69, 9.17) is 4.74 Å². The van der Waals surface area contributed by atoms with Crippen molar-refractivity contribution in [1.82, 2.24) is 0 Å². The zero-order valence-corrected chi connectivity index (χ0v) is 8.40. The monoisotopic (exact) mass is 182 g/mol. The van der Waals surface area contributed by atoms with E-state index in [1.54, 1.807) is 7.11 Å². The van der Waals surface area contributed by atoms with Crippen molar-refractivity contribution in [2.75, 3.05) is 12.9 Å². The van der Waals surface area contributed by atoms with Gasteiger partial charge in [0, 0.05) is 0 Å². The van der Waals surface area contributed by atoms with E-state index in [9.17, 15) is 0 Å². The molecule has 0 spiro atoms. The molecule has 1 nitrogen and oxygen atoms in total. The van der Waals surface area contributed by atoms with Crippen molar-refractivity contribution in [2.45, 2.75) is 13.3 Å². The van der Waals surface area contributed by atoms with Crippen molar-refractivity contribution in [3.05, 3.63) is 29.3 Å². The van der Waals surface area contributed by atoms with E-state index in [0.717, 1.165) is 17.9 Å². The van der Waals surface area contributed by atoms with Crippen LogP contribution in [0.3, 0.4) is 0 Å². The molecule has 1 aromatic carbocycles. The maximum absolute atomic E-state index is 5.11. The van der Waals surface area contributed by atoms with Gasteiger partial charge in [-0.1, -0.05) is 6.07 Å². The second-order valence-corrected chi connectivity index (χ2v) is 3.21. The van der Waals surface area contributed by atoms with Crippen LogP contribution in [0, 0.1) is 6.92 Å². The average molecular weight is 182 g/mol. The van der Waals surface area contributed by atoms with Gasteiger partial charge in [-0.05, 0) is 42.4 Å². The second kappa shape index (κ2) is 4.41. The van der Waals surface area contributed by atoms with E-state index >= 15 is 0 Å². The van der Waals surface area contributed by atoms with Gasteiger partial charge in [-0.2, -0.15) is 12.6 Å². The minimum absolute atomic E-state index is 0.896. The molecular formula is C10H14OS. The van der Waals surface area contributed by atoms with Crippen molar-refractivity contribution in [2.24, 2.45) is 0 Å². The van der Waals surface area contributed by atoms with Crippen LogP contribution in [0.4, 0.5) is 0 Å². The fourth-order valence-corrected chi connectivity index (χ4v) is 1.44. The zero-order chi connectivity index (χ0) is 8.97. The van der Waals surface area contributed by atoms with Gasteiger partial charge in [0.25, 0.3) is 0 Å². The second-order valence-electron chi connectivity index (χ2n) is 2.77. The summed E-state index contributed by atoms with van der Waals surface area (Å²) >= 11 is 4.20. The molecule has 0 aliphatic rings. The van der Waals surface area contributed by atoms with Crippen LogP contribution in [0.25, 0.3) is 0 Å². The molecule has 0 aliphatic heterocycles. The van der Waals surface area contributed by atoms with Crippen LogP contribution in [0.1, 0.15) is 11.1 Å². The summed E-state index contributed by atoms with van der Waals surface area (Å²) in [5.41, 5.74) is 2.63. The molecule has 0 unspecified atom stereocenters. The summed E-state index contributed by atoms with van der Waals surface area (Å²) in [5, 5.41) is 0. The highest BCUT2D eigenvalue weighted by Gasteiger charge is 1.98. The number of aryl methyl sites for hydroxylation is 2. The SMILES string of the molecule is COc1ccc(CCS)c(C)c1. The molecule has 0 saturated heterocycles. The molecule has 0 heterocycles. The Hall–Kier alpha value is -0.630. The lowest BCUT2D eigenvalue weighted by atomic mass is 10.1. The molecule has 0 aliphatic carbocycles. The quantitative estimate of drug-likeness (QED) is 0.707. The molecule has 0 amide bonds. The number of hydrogen-bond donors (Lipinski definition) is 1. The van der Waals surface area contributed by atoms with Gasteiger partial charge in [0.15, 0.2) is 0 Å². The fraction of sp³-hybridized carbons (Fsp3) is 0.400. The number of hydrogen-bond acceptors (Lipinski definition) is 2. The molecule has 12 heavy (non-hydrogen) atoms. The third kappa shape index (κ3) is 2.18. The minimum atomic E-state index is 0.896. The Balaban J connectivity index is 2.87. The third-order valence-electron chi connectivity index (χ3n) is 1.93. The Morgan fingerprint density at radius 1 is 1.42 bits per heavy atom. The van der Waals surface area contributed by atoms with Gasteiger partial charge >= 0.3 is 0 Å². The summed E-state index contributed by atoms with van der Waals surface area (Å²) in [6.45, 7) is 2.10. The molecule has 1 aromatic rings. The van der Waals surface area contributed by atoms with E-state index in [1.807, 2.05) is 6.07 Å². The summed E-state index contributed by atoms with van der Waals surface area (Å²) in [7, 11) is 1.69. The lowest BCUT2D eigenvalue weighted by Crippen LogP contribution is -1.91. The van der Waals surface area contributed by atoms with Crippen molar-refractivity contribution >= 4 is 12.6 Å². The van der Waals surface area contributed by atoms with Gasteiger partial charge in [0.05, 0.1) is 7.11 Å². The highest BCUT2D eigenvalue weighted by atomic mass is 32.1. The maximum atomic E-state index is 5.11. The molecule has 1 rings (SSSR count). The average Bonchev–Trinajstić information content (AvgIpc) is 2.09. The third-order valence-corrected chi connectivity index (χ3v) is 2.15. The van der Waals surface area contributed by atoms with Gasteiger partial charge in [-0.25, -0.2) is 0 Å². The first kappa shape index (κ1) is 9.46. The van der Waals surface area contributed by atoms with Crippen LogP contribution in [0.15, 0.2) is 18.2 Å². The summed E-state index contributed by atoms with van der Waals surface area (Å²) in [5.74, 6) is 1.82. The Morgan fingerprint density at radius 3 is 2.67 bits per heavy atom. The summed E-state index contributed by atoms with van der Waals surface area (Å²) in [6.07, 6.45) is 1.03. The first-order chi connectivity index (χ1) is 5.77. The van der Waals surface area contributed by atoms with Gasteiger partial charge in [0.1, 0.15) is 5.75 Å². The lowest BCUT2D eigenvalue weighted by Gasteiger charge is -2.05. The number of benzene rings is 1. The van der Waals surface area contributed by atoms with Crippen LogP contribution in [0.5, 0.6) is 5.75 Å². The highest BCUT2D eigenvalue weighted by molar-refractivity contribution is 7.80. The molecule has 0 fully saturated rings. The molecule has 0 saturated carbocycles. The summed E-state index contributed by atoms with van der Waals surface area (Å²) in [4.78, 5) is 0. The Kier molecular flexibility index (Phi) is 3.48. The number of rotatable bonds is 3. The molecule has 66 valence electrons. The van der Waals surface area contributed by atoms with Crippen LogP contribution in [-0.4, -0.2) is 12.9 Å². The molecule has 0 atom stereocenters. The fourth-order valence-electron chi connectivity index (χ4n) is 1.20. The molecular weight excluding hydrogens is 168 g/mol. The van der Waals surface area contributed by atoms with Crippen LogP contribution in [-0.2, 0) is 6.42 Å². The van der Waals surface area contributed by atoms with Crippen molar-refractivity contribution in [1.29, 1.82) is 0 Å². The molecule has 0 radical (unpaired) electrons. The van der Waals surface area contributed by atoms with Crippen LogP contribution < -0.4 is 4.74 Å².